The molecule has 156 valence electrons. The Morgan fingerprint density at radius 3 is 2.79 bits per heavy atom. The summed E-state index contributed by atoms with van der Waals surface area (Å²) in [7, 11) is 0. The van der Waals surface area contributed by atoms with Crippen molar-refractivity contribution in [2.75, 3.05) is 13.1 Å². The van der Waals surface area contributed by atoms with Gasteiger partial charge in [0.1, 0.15) is 5.82 Å². The number of carbonyl (C=O) groups excluding carboxylic acids is 1. The highest BCUT2D eigenvalue weighted by Crippen LogP contribution is 2.63. The Labute approximate surface area is 173 Å². The molecule has 1 aliphatic heterocycles. The van der Waals surface area contributed by atoms with Crippen molar-refractivity contribution in [1.29, 1.82) is 0 Å². The molecule has 3 unspecified atom stereocenters. The Kier molecular flexibility index (Phi) is 3.80. The Morgan fingerprint density at radius 2 is 2.03 bits per heavy atom. The van der Waals surface area contributed by atoms with E-state index in [0.29, 0.717) is 24.2 Å². The van der Waals surface area contributed by atoms with Gasteiger partial charge in [-0.15, -0.1) is 0 Å². The average molecular weight is 396 g/mol. The molecular weight excluding hydrogens is 362 g/mol. The monoisotopic (exact) mass is 395 g/mol. The first-order chi connectivity index (χ1) is 13.9. The van der Waals surface area contributed by atoms with E-state index in [1.807, 2.05) is 13.1 Å². The third-order valence-electron chi connectivity index (χ3n) is 8.97. The van der Waals surface area contributed by atoms with Crippen LogP contribution >= 0.6 is 0 Å². The average Bonchev–Trinajstić information content (AvgIpc) is 2.96. The number of hydrogen-bond donors (Lipinski definition) is 1. The minimum Gasteiger partial charge on any atom is -0.390 e. The van der Waals surface area contributed by atoms with Crippen molar-refractivity contribution in [3.63, 3.8) is 0 Å². The highest BCUT2D eigenvalue weighted by molar-refractivity contribution is 5.77. The van der Waals surface area contributed by atoms with Gasteiger partial charge in [-0.05, 0) is 93.9 Å². The van der Waals surface area contributed by atoms with Gasteiger partial charge in [0, 0.05) is 31.1 Å². The largest absolute Gasteiger partial charge is 0.390 e. The number of likely N-dealkylation sites (tertiary alicyclic amines) is 1. The second kappa shape index (κ2) is 6.03. The van der Waals surface area contributed by atoms with Crippen LogP contribution in [-0.2, 0) is 16.6 Å². The third-order valence-corrected chi connectivity index (χ3v) is 8.97. The fourth-order valence-corrected chi connectivity index (χ4v) is 8.41. The van der Waals surface area contributed by atoms with Crippen LogP contribution < -0.4 is 0 Å². The van der Waals surface area contributed by atoms with E-state index in [4.69, 9.17) is 4.98 Å². The second-order valence-electron chi connectivity index (χ2n) is 11.4. The van der Waals surface area contributed by atoms with Gasteiger partial charge in [0.25, 0.3) is 0 Å². The van der Waals surface area contributed by atoms with Crippen LogP contribution in [0.1, 0.15) is 81.3 Å². The number of fused-ring (bicyclic) bond motifs is 2. The van der Waals surface area contributed by atoms with Crippen molar-refractivity contribution in [2.24, 2.45) is 17.3 Å². The molecule has 1 aromatic heterocycles. The highest BCUT2D eigenvalue weighted by atomic mass is 16.3. The molecule has 1 aromatic rings. The standard InChI is InChI=1S/C24H33N3O2/c1-16-25-13-19-3-5-23(21(19)26-16)4-2-6-27(15-23)20(28)12-22-8-17-7-18(9-22)11-24(29,10-17)14-22/h13,17-18,29H,2-12,14-15H2,1H3. The maximum atomic E-state index is 13.5. The van der Waals surface area contributed by atoms with Crippen LogP contribution in [0.2, 0.25) is 0 Å². The predicted molar refractivity (Wildman–Crippen MR) is 109 cm³/mol. The zero-order chi connectivity index (χ0) is 19.9. The van der Waals surface area contributed by atoms with Gasteiger partial charge < -0.3 is 10.0 Å². The first-order valence-corrected chi connectivity index (χ1v) is 11.7. The Balaban J connectivity index is 1.22. The minimum absolute atomic E-state index is 0.0383. The normalized spacial score (nSPS) is 42.5. The van der Waals surface area contributed by atoms with Crippen LogP contribution in [0.5, 0.6) is 0 Å². The van der Waals surface area contributed by atoms with Crippen LogP contribution in [0.15, 0.2) is 6.20 Å². The maximum absolute atomic E-state index is 13.5. The van der Waals surface area contributed by atoms with E-state index in [0.717, 1.165) is 76.7 Å². The molecule has 2 heterocycles. The van der Waals surface area contributed by atoms with Gasteiger partial charge in [-0.1, -0.05) is 0 Å². The van der Waals surface area contributed by atoms with Gasteiger partial charge in [0.05, 0.1) is 11.3 Å². The fraction of sp³-hybridized carbons (Fsp3) is 0.792. The molecule has 1 amide bonds. The zero-order valence-corrected chi connectivity index (χ0v) is 17.6. The van der Waals surface area contributed by atoms with Gasteiger partial charge in [0.15, 0.2) is 0 Å². The summed E-state index contributed by atoms with van der Waals surface area (Å²) in [6, 6.07) is 0. The van der Waals surface area contributed by atoms with E-state index in [2.05, 4.69) is 9.88 Å². The predicted octanol–water partition coefficient (Wildman–Crippen LogP) is 3.31. The molecule has 3 atom stereocenters. The van der Waals surface area contributed by atoms with Crippen molar-refractivity contribution in [2.45, 2.75) is 88.6 Å². The van der Waals surface area contributed by atoms with Gasteiger partial charge in [0.2, 0.25) is 5.91 Å². The van der Waals surface area contributed by atoms with Crippen molar-refractivity contribution in [3.05, 3.63) is 23.3 Å². The molecule has 4 saturated carbocycles. The molecule has 5 fully saturated rings. The molecule has 1 saturated heterocycles. The molecule has 5 aliphatic carbocycles. The number of amides is 1. The summed E-state index contributed by atoms with van der Waals surface area (Å²) >= 11 is 0. The van der Waals surface area contributed by atoms with Crippen LogP contribution in [-0.4, -0.2) is 44.6 Å². The van der Waals surface area contributed by atoms with Crippen molar-refractivity contribution in [3.8, 4) is 0 Å². The van der Waals surface area contributed by atoms with E-state index in [1.54, 1.807) is 0 Å². The summed E-state index contributed by atoms with van der Waals surface area (Å²) < 4.78 is 0. The Morgan fingerprint density at radius 1 is 1.24 bits per heavy atom. The molecule has 4 bridgehead atoms. The highest BCUT2D eigenvalue weighted by Gasteiger charge is 2.58. The lowest BCUT2D eigenvalue weighted by Gasteiger charge is -2.60. The number of nitrogens with zero attached hydrogens (tertiary/aromatic N) is 3. The van der Waals surface area contributed by atoms with E-state index in [9.17, 15) is 9.90 Å². The van der Waals surface area contributed by atoms with Gasteiger partial charge >= 0.3 is 0 Å². The molecule has 6 aliphatic rings. The molecule has 7 rings (SSSR count). The van der Waals surface area contributed by atoms with Crippen molar-refractivity contribution in [1.82, 2.24) is 14.9 Å². The SMILES string of the molecule is Cc1ncc2c(n1)C1(CCCN(C(=O)CC34CC5CC(CC(O)(C5)C3)C4)C1)CC2. The second-order valence-corrected chi connectivity index (χ2v) is 11.4. The molecule has 0 radical (unpaired) electrons. The molecule has 29 heavy (non-hydrogen) atoms. The molecule has 1 spiro atoms. The van der Waals surface area contributed by atoms with E-state index < -0.39 is 5.60 Å². The molecular formula is C24H33N3O2. The summed E-state index contributed by atoms with van der Waals surface area (Å²) in [5.41, 5.74) is 2.12. The fourth-order valence-electron chi connectivity index (χ4n) is 8.41. The summed E-state index contributed by atoms with van der Waals surface area (Å²) in [4.78, 5) is 24.9. The zero-order valence-electron chi connectivity index (χ0n) is 17.6. The van der Waals surface area contributed by atoms with Gasteiger partial charge in [-0.2, -0.15) is 0 Å². The Bertz CT molecular complexity index is 850. The van der Waals surface area contributed by atoms with Crippen molar-refractivity contribution >= 4 is 5.91 Å². The first kappa shape index (κ1) is 18.3. The Hall–Kier alpha value is -1.49. The molecule has 1 N–H and O–H groups in total. The minimum atomic E-state index is -0.480. The lowest BCUT2D eigenvalue weighted by molar-refractivity contribution is -0.172. The summed E-state index contributed by atoms with van der Waals surface area (Å²) in [6.07, 6.45) is 13.4. The van der Waals surface area contributed by atoms with Gasteiger partial charge in [-0.3, -0.25) is 4.79 Å². The smallest absolute Gasteiger partial charge is 0.223 e. The molecule has 5 heteroatoms. The summed E-state index contributed by atoms with van der Waals surface area (Å²) in [5, 5.41) is 11.1. The summed E-state index contributed by atoms with van der Waals surface area (Å²) in [5.74, 6) is 2.45. The maximum Gasteiger partial charge on any atom is 0.223 e. The van der Waals surface area contributed by atoms with Gasteiger partial charge in [-0.25, -0.2) is 9.97 Å². The topological polar surface area (TPSA) is 66.3 Å². The van der Waals surface area contributed by atoms with E-state index in [1.165, 1.54) is 17.7 Å². The molecule has 0 aromatic carbocycles. The van der Waals surface area contributed by atoms with Crippen LogP contribution in [0.25, 0.3) is 0 Å². The van der Waals surface area contributed by atoms with E-state index in [-0.39, 0.29) is 10.8 Å². The lowest BCUT2D eigenvalue weighted by atomic mass is 9.47. The van der Waals surface area contributed by atoms with Crippen LogP contribution in [0.4, 0.5) is 0 Å². The number of hydrogen-bond acceptors (Lipinski definition) is 4. The third kappa shape index (κ3) is 2.87. The summed E-state index contributed by atoms with van der Waals surface area (Å²) in [6.45, 7) is 3.67. The number of aryl methyl sites for hydroxylation is 2. The van der Waals surface area contributed by atoms with Crippen molar-refractivity contribution < 1.29 is 9.90 Å². The number of aliphatic hydroxyl groups is 1. The number of rotatable bonds is 2. The number of piperidine rings is 1. The quantitative estimate of drug-likeness (QED) is 0.834. The number of aromatic nitrogens is 2. The first-order valence-electron chi connectivity index (χ1n) is 11.7. The van der Waals surface area contributed by atoms with Crippen LogP contribution in [0.3, 0.4) is 0 Å². The van der Waals surface area contributed by atoms with Crippen LogP contribution in [0, 0.1) is 24.2 Å². The lowest BCUT2D eigenvalue weighted by Crippen LogP contribution is -2.57. The molecule has 5 nitrogen and oxygen atoms in total. The number of carbonyl (C=O) groups is 1. The van der Waals surface area contributed by atoms with E-state index >= 15 is 0 Å².